The van der Waals surface area contributed by atoms with Gasteiger partial charge in [-0.25, -0.2) is 0 Å². The molecule has 1 aromatic carbocycles. The molecule has 0 unspecified atom stereocenters. The van der Waals surface area contributed by atoms with Crippen LogP contribution in [0.25, 0.3) is 5.70 Å². The lowest BCUT2D eigenvalue weighted by Crippen LogP contribution is -2.08. The van der Waals surface area contributed by atoms with Crippen LogP contribution < -0.4 is 5.32 Å². The first-order valence-electron chi connectivity index (χ1n) is 4.82. The molecule has 0 atom stereocenters. The highest BCUT2D eigenvalue weighted by molar-refractivity contribution is 5.61. The Morgan fingerprint density at radius 3 is 2.47 bits per heavy atom. The molecule has 0 bridgehead atoms. The van der Waals surface area contributed by atoms with E-state index in [2.05, 4.69) is 35.8 Å². The summed E-state index contributed by atoms with van der Waals surface area (Å²) in [7, 11) is 3.76. The van der Waals surface area contributed by atoms with Crippen LogP contribution in [0, 0.1) is 0 Å². The molecular formula is C12H17N3. The fourth-order valence-corrected chi connectivity index (χ4v) is 1.29. The molecule has 15 heavy (non-hydrogen) atoms. The second-order valence-corrected chi connectivity index (χ2v) is 3.34. The van der Waals surface area contributed by atoms with E-state index >= 15 is 0 Å². The Labute approximate surface area is 91.1 Å². The summed E-state index contributed by atoms with van der Waals surface area (Å²) in [6, 6.07) is 8.23. The standard InChI is InChI=1S/C12H17N3/c1-10(15(4)14-3)12-7-5-11(6-8-12)9-13-2/h5-8,13H,1,3,9H2,2,4H3. The number of hydrazone groups is 1. The van der Waals surface area contributed by atoms with Crippen molar-refractivity contribution in [3.05, 3.63) is 42.0 Å². The van der Waals surface area contributed by atoms with Crippen molar-refractivity contribution in [3.8, 4) is 0 Å². The summed E-state index contributed by atoms with van der Waals surface area (Å²) in [6.07, 6.45) is 0. The van der Waals surface area contributed by atoms with Gasteiger partial charge in [-0.2, -0.15) is 5.10 Å². The third-order valence-electron chi connectivity index (χ3n) is 2.27. The first kappa shape index (κ1) is 11.5. The van der Waals surface area contributed by atoms with E-state index in [1.54, 1.807) is 5.01 Å². The van der Waals surface area contributed by atoms with Gasteiger partial charge in [-0.1, -0.05) is 30.8 Å². The summed E-state index contributed by atoms with van der Waals surface area (Å²) >= 11 is 0. The zero-order valence-corrected chi connectivity index (χ0v) is 9.33. The molecule has 80 valence electrons. The highest BCUT2D eigenvalue weighted by atomic mass is 15.4. The van der Waals surface area contributed by atoms with Gasteiger partial charge in [-0.15, -0.1) is 0 Å². The summed E-state index contributed by atoms with van der Waals surface area (Å²) in [5.41, 5.74) is 3.16. The Kier molecular flexibility index (Phi) is 4.06. The summed E-state index contributed by atoms with van der Waals surface area (Å²) in [6.45, 7) is 8.28. The minimum atomic E-state index is 0.848. The molecule has 1 aromatic rings. The second kappa shape index (κ2) is 5.32. The minimum absolute atomic E-state index is 0.848. The van der Waals surface area contributed by atoms with E-state index in [-0.39, 0.29) is 0 Å². The van der Waals surface area contributed by atoms with E-state index in [1.165, 1.54) is 5.56 Å². The van der Waals surface area contributed by atoms with E-state index in [0.717, 1.165) is 17.8 Å². The zero-order valence-electron chi connectivity index (χ0n) is 9.33. The van der Waals surface area contributed by atoms with E-state index in [1.807, 2.05) is 26.2 Å². The molecule has 0 aromatic heterocycles. The number of nitrogens with one attached hydrogen (secondary N) is 1. The smallest absolute Gasteiger partial charge is 0.0590 e. The van der Waals surface area contributed by atoms with E-state index < -0.39 is 0 Å². The molecule has 0 saturated heterocycles. The average Bonchev–Trinajstić information content (AvgIpc) is 2.28. The monoisotopic (exact) mass is 203 g/mol. The first-order chi connectivity index (χ1) is 7.19. The van der Waals surface area contributed by atoms with Gasteiger partial charge in [0, 0.05) is 20.3 Å². The van der Waals surface area contributed by atoms with Gasteiger partial charge in [0.25, 0.3) is 0 Å². The minimum Gasteiger partial charge on any atom is -0.316 e. The molecule has 3 nitrogen and oxygen atoms in total. The lowest BCUT2D eigenvalue weighted by Gasteiger charge is -2.15. The molecule has 0 aliphatic heterocycles. The molecule has 0 aliphatic carbocycles. The van der Waals surface area contributed by atoms with Crippen LogP contribution in [0.1, 0.15) is 11.1 Å². The lowest BCUT2D eigenvalue weighted by molar-refractivity contribution is 0.523. The summed E-state index contributed by atoms with van der Waals surface area (Å²) in [5, 5.41) is 8.56. The Bertz CT molecular complexity index is 340. The zero-order chi connectivity index (χ0) is 11.3. The first-order valence-corrected chi connectivity index (χ1v) is 4.82. The van der Waals surface area contributed by atoms with Crippen molar-refractivity contribution in [2.75, 3.05) is 14.1 Å². The fraction of sp³-hybridized carbons (Fsp3) is 0.250. The maximum Gasteiger partial charge on any atom is 0.0590 e. The van der Waals surface area contributed by atoms with Gasteiger partial charge < -0.3 is 5.32 Å². The molecule has 0 radical (unpaired) electrons. The second-order valence-electron chi connectivity index (χ2n) is 3.34. The van der Waals surface area contributed by atoms with E-state index in [0.29, 0.717) is 0 Å². The Morgan fingerprint density at radius 1 is 1.40 bits per heavy atom. The number of nitrogens with zero attached hydrogens (tertiary/aromatic N) is 2. The van der Waals surface area contributed by atoms with Crippen molar-refractivity contribution in [1.82, 2.24) is 10.3 Å². The summed E-state index contributed by atoms with van der Waals surface area (Å²) in [5.74, 6) is 0. The van der Waals surface area contributed by atoms with Crippen molar-refractivity contribution in [1.29, 1.82) is 0 Å². The van der Waals surface area contributed by atoms with Gasteiger partial charge in [-0.05, 0) is 18.2 Å². The predicted molar refractivity (Wildman–Crippen MR) is 65.6 cm³/mol. The largest absolute Gasteiger partial charge is 0.316 e. The Hall–Kier alpha value is -1.61. The number of rotatable bonds is 5. The molecule has 0 amide bonds. The maximum atomic E-state index is 3.95. The van der Waals surface area contributed by atoms with Crippen LogP contribution in [0.4, 0.5) is 0 Å². The van der Waals surface area contributed by atoms with Crippen molar-refractivity contribution in [3.63, 3.8) is 0 Å². The number of hydrogen-bond donors (Lipinski definition) is 1. The maximum absolute atomic E-state index is 3.95. The van der Waals surface area contributed by atoms with Gasteiger partial charge in [0.2, 0.25) is 0 Å². The van der Waals surface area contributed by atoms with Crippen molar-refractivity contribution in [2.45, 2.75) is 6.54 Å². The van der Waals surface area contributed by atoms with Gasteiger partial charge in [-0.3, -0.25) is 5.01 Å². The average molecular weight is 203 g/mol. The molecule has 3 heteroatoms. The Balaban J connectivity index is 2.79. The van der Waals surface area contributed by atoms with E-state index in [4.69, 9.17) is 0 Å². The van der Waals surface area contributed by atoms with Crippen molar-refractivity contribution >= 4 is 12.4 Å². The highest BCUT2D eigenvalue weighted by Gasteiger charge is 2.02. The molecular weight excluding hydrogens is 186 g/mol. The van der Waals surface area contributed by atoms with Crippen molar-refractivity contribution in [2.24, 2.45) is 5.10 Å². The number of hydrogen-bond acceptors (Lipinski definition) is 3. The van der Waals surface area contributed by atoms with Gasteiger partial charge >= 0.3 is 0 Å². The molecule has 1 N–H and O–H groups in total. The van der Waals surface area contributed by atoms with Gasteiger partial charge in [0.15, 0.2) is 0 Å². The summed E-state index contributed by atoms with van der Waals surface area (Å²) in [4.78, 5) is 0. The fourth-order valence-electron chi connectivity index (χ4n) is 1.29. The third kappa shape index (κ3) is 2.92. The normalized spacial score (nSPS) is 9.73. The SMILES string of the molecule is C=NN(C)C(=C)c1ccc(CNC)cc1. The summed E-state index contributed by atoms with van der Waals surface area (Å²) < 4.78 is 0. The molecule has 1 rings (SSSR count). The lowest BCUT2D eigenvalue weighted by atomic mass is 10.1. The van der Waals surface area contributed by atoms with Crippen LogP contribution in [-0.4, -0.2) is 25.8 Å². The van der Waals surface area contributed by atoms with Crippen LogP contribution in [0.3, 0.4) is 0 Å². The van der Waals surface area contributed by atoms with Crippen LogP contribution in [0.5, 0.6) is 0 Å². The highest BCUT2D eigenvalue weighted by Crippen LogP contribution is 2.16. The molecule has 0 heterocycles. The van der Waals surface area contributed by atoms with Gasteiger partial charge in [0.1, 0.15) is 0 Å². The van der Waals surface area contributed by atoms with E-state index in [9.17, 15) is 0 Å². The Morgan fingerprint density at radius 2 is 2.00 bits per heavy atom. The molecule has 0 aliphatic rings. The van der Waals surface area contributed by atoms with Crippen LogP contribution in [0.2, 0.25) is 0 Å². The van der Waals surface area contributed by atoms with Crippen LogP contribution in [0.15, 0.2) is 35.9 Å². The number of benzene rings is 1. The van der Waals surface area contributed by atoms with Crippen molar-refractivity contribution < 1.29 is 0 Å². The van der Waals surface area contributed by atoms with Gasteiger partial charge in [0.05, 0.1) is 5.70 Å². The van der Waals surface area contributed by atoms with Crippen LogP contribution >= 0.6 is 0 Å². The van der Waals surface area contributed by atoms with Crippen LogP contribution in [-0.2, 0) is 6.54 Å². The molecule has 0 saturated carbocycles. The molecule has 0 spiro atoms. The molecule has 0 fully saturated rings. The predicted octanol–water partition coefficient (Wildman–Crippen LogP) is 1.92. The topological polar surface area (TPSA) is 27.6 Å². The quantitative estimate of drug-likeness (QED) is 0.585. The third-order valence-corrected chi connectivity index (χ3v) is 2.27.